The molecule has 3 N–H and O–H groups in total. The van der Waals surface area contributed by atoms with Crippen LogP contribution in [0.25, 0.3) is 11.1 Å². The van der Waals surface area contributed by atoms with Crippen LogP contribution in [0.3, 0.4) is 0 Å². The lowest BCUT2D eigenvalue weighted by Gasteiger charge is -2.18. The fourth-order valence-corrected chi connectivity index (χ4v) is 5.04. The predicted molar refractivity (Wildman–Crippen MR) is 132 cm³/mol. The standard InChI is InChI=1S/C26H28N2O5S/c1-34-13-12-23(25(30)31)28-24(29)16-10-11-17(14-16)27-26(32)33-15-22-20-8-4-2-6-18(20)19-7-3-5-9-21(19)22/h2-11,16-17,22-23H,12-15H2,1H3,(H,27,32)(H,28,29)(H,30,31)/t16?,17?,23-/m1/s1. The first kappa shape index (κ1) is 23.9. The zero-order valence-electron chi connectivity index (χ0n) is 18.9. The molecule has 0 saturated heterocycles. The number of aliphatic carboxylic acids is 1. The summed E-state index contributed by atoms with van der Waals surface area (Å²) >= 11 is 1.53. The van der Waals surface area contributed by atoms with E-state index in [9.17, 15) is 19.5 Å². The van der Waals surface area contributed by atoms with Crippen LogP contribution < -0.4 is 10.6 Å². The van der Waals surface area contributed by atoms with E-state index in [1.54, 1.807) is 12.2 Å². The van der Waals surface area contributed by atoms with Crippen LogP contribution in [0.5, 0.6) is 0 Å². The lowest BCUT2D eigenvalue weighted by Crippen LogP contribution is -2.44. The third-order valence-electron chi connectivity index (χ3n) is 6.29. The molecular weight excluding hydrogens is 452 g/mol. The number of carboxylic acid groups (broad SMARTS) is 1. The lowest BCUT2D eigenvalue weighted by molar-refractivity contribution is -0.142. The van der Waals surface area contributed by atoms with Crippen molar-refractivity contribution in [3.05, 3.63) is 71.8 Å². The number of carbonyl (C=O) groups excluding carboxylic acids is 2. The number of amides is 2. The van der Waals surface area contributed by atoms with Crippen molar-refractivity contribution in [2.45, 2.75) is 30.8 Å². The van der Waals surface area contributed by atoms with Gasteiger partial charge in [-0.05, 0) is 47.1 Å². The molecule has 2 amide bonds. The van der Waals surface area contributed by atoms with E-state index in [0.717, 1.165) is 22.3 Å². The summed E-state index contributed by atoms with van der Waals surface area (Å²) in [4.78, 5) is 36.4. The van der Waals surface area contributed by atoms with Crippen LogP contribution in [0.4, 0.5) is 4.79 Å². The van der Waals surface area contributed by atoms with E-state index < -0.39 is 24.0 Å². The van der Waals surface area contributed by atoms with Gasteiger partial charge in [0.05, 0.1) is 12.0 Å². The van der Waals surface area contributed by atoms with E-state index in [2.05, 4.69) is 34.9 Å². The third-order valence-corrected chi connectivity index (χ3v) is 6.94. The number of thioether (sulfide) groups is 1. The quantitative estimate of drug-likeness (QED) is 0.472. The summed E-state index contributed by atoms with van der Waals surface area (Å²) in [5, 5.41) is 14.7. The molecule has 34 heavy (non-hydrogen) atoms. The Morgan fingerprint density at radius 2 is 1.71 bits per heavy atom. The average molecular weight is 481 g/mol. The van der Waals surface area contributed by atoms with E-state index in [0.29, 0.717) is 18.6 Å². The van der Waals surface area contributed by atoms with Crippen molar-refractivity contribution in [1.29, 1.82) is 0 Å². The summed E-state index contributed by atoms with van der Waals surface area (Å²) < 4.78 is 5.57. The molecule has 7 nitrogen and oxygen atoms in total. The molecule has 0 radical (unpaired) electrons. The van der Waals surface area contributed by atoms with Crippen molar-refractivity contribution in [2.24, 2.45) is 5.92 Å². The highest BCUT2D eigenvalue weighted by molar-refractivity contribution is 7.98. The van der Waals surface area contributed by atoms with Gasteiger partial charge in [0.25, 0.3) is 0 Å². The number of carboxylic acids is 1. The summed E-state index contributed by atoms with van der Waals surface area (Å²) in [6.07, 6.45) is 5.53. The Kier molecular flexibility index (Phi) is 7.57. The van der Waals surface area contributed by atoms with Crippen molar-refractivity contribution in [3.8, 4) is 11.1 Å². The molecule has 3 atom stereocenters. The van der Waals surface area contributed by atoms with Crippen LogP contribution in [-0.2, 0) is 14.3 Å². The van der Waals surface area contributed by atoms with Gasteiger partial charge in [-0.2, -0.15) is 11.8 Å². The maximum atomic E-state index is 12.5. The van der Waals surface area contributed by atoms with Crippen molar-refractivity contribution < 1.29 is 24.2 Å². The summed E-state index contributed by atoms with van der Waals surface area (Å²) in [5.41, 5.74) is 4.61. The number of hydrogen-bond donors (Lipinski definition) is 3. The first-order valence-corrected chi connectivity index (χ1v) is 12.7. The molecular formula is C26H28N2O5S. The maximum absolute atomic E-state index is 12.5. The zero-order valence-corrected chi connectivity index (χ0v) is 19.7. The van der Waals surface area contributed by atoms with Crippen LogP contribution in [0, 0.1) is 5.92 Å². The molecule has 2 aromatic carbocycles. The van der Waals surface area contributed by atoms with Crippen LogP contribution in [0.1, 0.15) is 29.9 Å². The SMILES string of the molecule is CSCC[C@@H](NC(=O)C1C=CC(NC(=O)OCC2c3ccccc3-c3ccccc32)C1)C(=O)O. The predicted octanol–water partition coefficient (Wildman–Crippen LogP) is 3.79. The van der Waals surface area contributed by atoms with Gasteiger partial charge in [0.15, 0.2) is 0 Å². The van der Waals surface area contributed by atoms with E-state index in [1.165, 1.54) is 11.8 Å². The molecule has 2 aliphatic rings. The Balaban J connectivity index is 1.28. The van der Waals surface area contributed by atoms with Gasteiger partial charge in [-0.25, -0.2) is 9.59 Å². The number of rotatable bonds is 9. The molecule has 0 saturated carbocycles. The molecule has 0 bridgehead atoms. The minimum atomic E-state index is -1.04. The Morgan fingerprint density at radius 1 is 1.06 bits per heavy atom. The maximum Gasteiger partial charge on any atom is 0.407 e. The van der Waals surface area contributed by atoms with Crippen molar-refractivity contribution in [1.82, 2.24) is 10.6 Å². The van der Waals surface area contributed by atoms with Gasteiger partial charge < -0.3 is 20.5 Å². The molecule has 178 valence electrons. The fraction of sp³-hybridized carbons (Fsp3) is 0.346. The van der Waals surface area contributed by atoms with Crippen molar-refractivity contribution in [3.63, 3.8) is 0 Å². The van der Waals surface area contributed by atoms with Gasteiger partial charge in [0.1, 0.15) is 12.6 Å². The monoisotopic (exact) mass is 480 g/mol. The summed E-state index contributed by atoms with van der Waals surface area (Å²) in [5.74, 6) is -1.26. The summed E-state index contributed by atoms with van der Waals surface area (Å²) in [7, 11) is 0. The van der Waals surface area contributed by atoms with E-state index in [4.69, 9.17) is 4.74 Å². The minimum Gasteiger partial charge on any atom is -0.480 e. The van der Waals surface area contributed by atoms with Gasteiger partial charge in [-0.15, -0.1) is 0 Å². The molecule has 2 aliphatic carbocycles. The lowest BCUT2D eigenvalue weighted by atomic mass is 9.98. The second kappa shape index (κ2) is 10.8. The summed E-state index contributed by atoms with van der Waals surface area (Å²) in [6.45, 7) is 0.218. The molecule has 0 aliphatic heterocycles. The Hall–Kier alpha value is -3.26. The van der Waals surface area contributed by atoms with Crippen LogP contribution in [0.2, 0.25) is 0 Å². The second-order valence-electron chi connectivity index (χ2n) is 8.48. The largest absolute Gasteiger partial charge is 0.480 e. The normalized spacial score (nSPS) is 19.2. The molecule has 2 aromatic rings. The number of hydrogen-bond acceptors (Lipinski definition) is 5. The topological polar surface area (TPSA) is 105 Å². The zero-order chi connectivity index (χ0) is 24.1. The molecule has 2 unspecified atom stereocenters. The minimum absolute atomic E-state index is 0.0231. The first-order valence-electron chi connectivity index (χ1n) is 11.3. The fourth-order valence-electron chi connectivity index (χ4n) is 4.56. The Labute approximate surface area is 203 Å². The van der Waals surface area contributed by atoms with Crippen LogP contribution in [-0.4, -0.2) is 53.8 Å². The molecule has 0 heterocycles. The average Bonchev–Trinajstić information content (AvgIpc) is 3.43. The van der Waals surface area contributed by atoms with Gasteiger partial charge in [-0.1, -0.05) is 60.7 Å². The van der Waals surface area contributed by atoms with E-state index >= 15 is 0 Å². The van der Waals surface area contributed by atoms with Gasteiger partial charge in [0.2, 0.25) is 5.91 Å². The van der Waals surface area contributed by atoms with E-state index in [1.807, 2.05) is 30.5 Å². The van der Waals surface area contributed by atoms with Gasteiger partial charge >= 0.3 is 12.1 Å². The number of carbonyl (C=O) groups is 3. The molecule has 0 spiro atoms. The van der Waals surface area contributed by atoms with Crippen LogP contribution >= 0.6 is 11.8 Å². The number of fused-ring (bicyclic) bond motifs is 3. The number of nitrogens with one attached hydrogen (secondary N) is 2. The Bertz CT molecular complexity index is 1060. The van der Waals surface area contributed by atoms with Crippen LogP contribution in [0.15, 0.2) is 60.7 Å². The highest BCUT2D eigenvalue weighted by Gasteiger charge is 2.31. The molecule has 0 aromatic heterocycles. The van der Waals surface area contributed by atoms with Crippen molar-refractivity contribution >= 4 is 29.7 Å². The van der Waals surface area contributed by atoms with Gasteiger partial charge in [-0.3, -0.25) is 4.79 Å². The molecule has 8 heteroatoms. The third kappa shape index (κ3) is 5.28. The number of ether oxygens (including phenoxy) is 1. The smallest absolute Gasteiger partial charge is 0.407 e. The molecule has 4 rings (SSSR count). The van der Waals surface area contributed by atoms with E-state index in [-0.39, 0.29) is 24.5 Å². The van der Waals surface area contributed by atoms with Gasteiger partial charge in [0, 0.05) is 5.92 Å². The highest BCUT2D eigenvalue weighted by atomic mass is 32.2. The first-order chi connectivity index (χ1) is 16.5. The highest BCUT2D eigenvalue weighted by Crippen LogP contribution is 2.44. The molecule has 0 fully saturated rings. The number of alkyl carbamates (subject to hydrolysis) is 1. The number of benzene rings is 2. The second-order valence-corrected chi connectivity index (χ2v) is 9.47. The Morgan fingerprint density at radius 3 is 2.32 bits per heavy atom. The van der Waals surface area contributed by atoms with Crippen molar-refractivity contribution in [2.75, 3.05) is 18.6 Å². The summed E-state index contributed by atoms with van der Waals surface area (Å²) in [6, 6.07) is 15.0.